The molecule has 1 amide bonds. The second-order valence-corrected chi connectivity index (χ2v) is 8.22. The third kappa shape index (κ3) is 3.39. The Bertz CT molecular complexity index is 1060. The lowest BCUT2D eigenvalue weighted by atomic mass is 9.81. The van der Waals surface area contributed by atoms with E-state index < -0.39 is 11.9 Å². The fourth-order valence-electron chi connectivity index (χ4n) is 4.54. The van der Waals surface area contributed by atoms with E-state index in [-0.39, 0.29) is 23.8 Å². The molecular formula is C21H23FN6O2. The first-order valence-electron chi connectivity index (χ1n) is 10.2. The Hall–Kier alpha value is -3.07. The van der Waals surface area contributed by atoms with Crippen molar-refractivity contribution in [1.82, 2.24) is 25.3 Å². The molecule has 3 N–H and O–H groups in total. The van der Waals surface area contributed by atoms with Gasteiger partial charge in [-0.05, 0) is 42.9 Å². The van der Waals surface area contributed by atoms with Gasteiger partial charge in [0.1, 0.15) is 29.7 Å². The standard InChI is InChI=1S/C21H23FN6O2/c22-13-1-2-16(24-9-13)17(29)10-25-20(30)15-4-8-28(11-21(15)5-6-21)19-14-3-7-23-18(14)26-12-27-19/h1-3,7,9,12,15,17,29H,4-6,8,10-11H2,(H,25,30)(H,23,26,27)/t15?,17-/m1/s1. The topological polar surface area (TPSA) is 107 Å². The zero-order valence-corrected chi connectivity index (χ0v) is 16.4. The van der Waals surface area contributed by atoms with Crippen LogP contribution in [0.1, 0.15) is 31.1 Å². The van der Waals surface area contributed by atoms with Gasteiger partial charge in [0.15, 0.2) is 0 Å². The molecular weight excluding hydrogens is 387 g/mol. The number of carbonyl (C=O) groups excluding carboxylic acids is 1. The number of nitrogens with zero attached hydrogens (tertiary/aromatic N) is 4. The van der Waals surface area contributed by atoms with Crippen LogP contribution in [0, 0.1) is 17.2 Å². The van der Waals surface area contributed by atoms with E-state index in [2.05, 4.69) is 30.2 Å². The van der Waals surface area contributed by atoms with Crippen molar-refractivity contribution in [3.8, 4) is 0 Å². The summed E-state index contributed by atoms with van der Waals surface area (Å²) in [5.74, 6) is 0.315. The zero-order valence-electron chi connectivity index (χ0n) is 16.4. The number of pyridine rings is 1. The third-order valence-corrected chi connectivity index (χ3v) is 6.34. The van der Waals surface area contributed by atoms with Crippen molar-refractivity contribution in [3.05, 3.63) is 48.4 Å². The van der Waals surface area contributed by atoms with E-state index >= 15 is 0 Å². The molecule has 1 saturated heterocycles. The molecule has 30 heavy (non-hydrogen) atoms. The number of aliphatic hydroxyl groups excluding tert-OH is 1. The number of piperidine rings is 1. The summed E-state index contributed by atoms with van der Waals surface area (Å²) in [6.07, 6.45) is 6.26. The molecule has 156 valence electrons. The summed E-state index contributed by atoms with van der Waals surface area (Å²) in [7, 11) is 0. The summed E-state index contributed by atoms with van der Waals surface area (Å²) in [6.45, 7) is 1.58. The van der Waals surface area contributed by atoms with Crippen LogP contribution in [0.2, 0.25) is 0 Å². The number of fused-ring (bicyclic) bond motifs is 1. The maximum absolute atomic E-state index is 13.0. The third-order valence-electron chi connectivity index (χ3n) is 6.34. The molecule has 4 heterocycles. The summed E-state index contributed by atoms with van der Waals surface area (Å²) < 4.78 is 13.0. The molecule has 8 nitrogen and oxygen atoms in total. The molecule has 1 aliphatic heterocycles. The first-order chi connectivity index (χ1) is 14.6. The number of carbonyl (C=O) groups is 1. The summed E-state index contributed by atoms with van der Waals surface area (Å²) in [4.78, 5) is 30.9. The van der Waals surface area contributed by atoms with Crippen LogP contribution >= 0.6 is 0 Å². The molecule has 1 spiro atoms. The summed E-state index contributed by atoms with van der Waals surface area (Å²) >= 11 is 0. The minimum atomic E-state index is -0.965. The molecule has 3 aromatic rings. The monoisotopic (exact) mass is 410 g/mol. The Balaban J connectivity index is 1.24. The first-order valence-corrected chi connectivity index (χ1v) is 10.2. The molecule has 1 saturated carbocycles. The van der Waals surface area contributed by atoms with Gasteiger partial charge < -0.3 is 20.3 Å². The number of hydrogen-bond acceptors (Lipinski definition) is 6. The number of anilines is 1. The van der Waals surface area contributed by atoms with Crippen molar-refractivity contribution < 1.29 is 14.3 Å². The van der Waals surface area contributed by atoms with Gasteiger partial charge in [-0.3, -0.25) is 9.78 Å². The van der Waals surface area contributed by atoms with Gasteiger partial charge in [0, 0.05) is 31.7 Å². The Morgan fingerprint density at radius 2 is 2.20 bits per heavy atom. The number of hydrogen-bond donors (Lipinski definition) is 3. The largest absolute Gasteiger partial charge is 0.385 e. The van der Waals surface area contributed by atoms with Crippen LogP contribution in [-0.2, 0) is 4.79 Å². The fraction of sp³-hybridized carbons (Fsp3) is 0.429. The van der Waals surface area contributed by atoms with Crippen molar-refractivity contribution in [2.75, 3.05) is 24.5 Å². The number of nitrogens with one attached hydrogen (secondary N) is 2. The lowest BCUT2D eigenvalue weighted by Gasteiger charge is -2.39. The second kappa shape index (κ2) is 7.32. The Labute approximate surface area is 172 Å². The summed E-state index contributed by atoms with van der Waals surface area (Å²) in [5.41, 5.74) is 1.11. The average molecular weight is 410 g/mol. The van der Waals surface area contributed by atoms with Crippen molar-refractivity contribution in [2.45, 2.75) is 25.4 Å². The lowest BCUT2D eigenvalue weighted by molar-refractivity contribution is -0.128. The Morgan fingerprint density at radius 1 is 1.33 bits per heavy atom. The van der Waals surface area contributed by atoms with Gasteiger partial charge >= 0.3 is 0 Å². The molecule has 9 heteroatoms. The number of halogens is 1. The molecule has 0 bridgehead atoms. The van der Waals surface area contributed by atoms with Gasteiger partial charge in [0.05, 0.1) is 17.3 Å². The maximum Gasteiger partial charge on any atom is 0.223 e. The minimum absolute atomic E-state index is 0.0391. The Kier molecular flexibility index (Phi) is 4.62. The molecule has 2 fully saturated rings. The molecule has 0 radical (unpaired) electrons. The van der Waals surface area contributed by atoms with E-state index in [0.717, 1.165) is 55.4 Å². The number of H-pyrrole nitrogens is 1. The van der Waals surface area contributed by atoms with E-state index in [4.69, 9.17) is 0 Å². The predicted molar refractivity (Wildman–Crippen MR) is 108 cm³/mol. The van der Waals surface area contributed by atoms with Crippen LogP contribution in [0.3, 0.4) is 0 Å². The van der Waals surface area contributed by atoms with E-state index in [1.165, 1.54) is 12.1 Å². The second-order valence-electron chi connectivity index (χ2n) is 8.22. The average Bonchev–Trinajstić information content (AvgIpc) is 3.33. The molecule has 0 aromatic carbocycles. The normalized spacial score (nSPS) is 21.0. The number of rotatable bonds is 5. The van der Waals surface area contributed by atoms with Gasteiger partial charge in [-0.2, -0.15) is 0 Å². The first kappa shape index (κ1) is 18.9. The fourth-order valence-corrected chi connectivity index (χ4v) is 4.54. The van der Waals surface area contributed by atoms with E-state index in [1.807, 2.05) is 12.3 Å². The van der Waals surface area contributed by atoms with Crippen molar-refractivity contribution >= 4 is 22.8 Å². The molecule has 5 rings (SSSR count). The highest BCUT2D eigenvalue weighted by molar-refractivity contribution is 5.87. The maximum atomic E-state index is 13.0. The molecule has 1 unspecified atom stereocenters. The zero-order chi connectivity index (χ0) is 20.7. The smallest absolute Gasteiger partial charge is 0.223 e. The molecule has 1 aliphatic carbocycles. The van der Waals surface area contributed by atoms with E-state index in [1.54, 1.807) is 6.33 Å². The van der Waals surface area contributed by atoms with Crippen LogP contribution in [0.25, 0.3) is 11.0 Å². The highest BCUT2D eigenvalue weighted by atomic mass is 19.1. The van der Waals surface area contributed by atoms with Crippen molar-refractivity contribution in [3.63, 3.8) is 0 Å². The number of aromatic nitrogens is 4. The van der Waals surface area contributed by atoms with Gasteiger partial charge in [-0.1, -0.05) is 0 Å². The van der Waals surface area contributed by atoms with Gasteiger partial charge in [-0.15, -0.1) is 0 Å². The van der Waals surface area contributed by atoms with Gasteiger partial charge in [-0.25, -0.2) is 14.4 Å². The summed E-state index contributed by atoms with van der Waals surface area (Å²) in [5, 5.41) is 14.1. The van der Waals surface area contributed by atoms with Gasteiger partial charge in [0.2, 0.25) is 5.91 Å². The molecule has 2 atom stereocenters. The van der Waals surface area contributed by atoms with E-state index in [0.29, 0.717) is 5.69 Å². The van der Waals surface area contributed by atoms with Crippen LogP contribution in [0.4, 0.5) is 10.2 Å². The number of amides is 1. The quantitative estimate of drug-likeness (QED) is 0.594. The lowest BCUT2D eigenvalue weighted by Crippen LogP contribution is -2.48. The highest BCUT2D eigenvalue weighted by Gasteiger charge is 2.55. The van der Waals surface area contributed by atoms with Gasteiger partial charge in [0.25, 0.3) is 0 Å². The van der Waals surface area contributed by atoms with Crippen LogP contribution in [-0.4, -0.2) is 50.6 Å². The predicted octanol–water partition coefficient (Wildman–Crippen LogP) is 1.95. The SMILES string of the molecule is O=C(NC[C@@H](O)c1ccc(F)cn1)C1CCN(c2ncnc3[nH]ccc23)CC12CC2. The van der Waals surface area contributed by atoms with E-state index in [9.17, 15) is 14.3 Å². The highest BCUT2D eigenvalue weighted by Crippen LogP contribution is 2.56. The number of aromatic amines is 1. The molecule has 3 aromatic heterocycles. The minimum Gasteiger partial charge on any atom is -0.385 e. The molecule has 2 aliphatic rings. The van der Waals surface area contributed by atoms with Crippen molar-refractivity contribution in [2.24, 2.45) is 11.3 Å². The van der Waals surface area contributed by atoms with Crippen LogP contribution in [0.5, 0.6) is 0 Å². The van der Waals surface area contributed by atoms with Crippen molar-refractivity contribution in [1.29, 1.82) is 0 Å². The van der Waals surface area contributed by atoms with Crippen LogP contribution in [0.15, 0.2) is 36.9 Å². The number of aliphatic hydroxyl groups is 1. The van der Waals surface area contributed by atoms with Crippen LogP contribution < -0.4 is 10.2 Å². The Morgan fingerprint density at radius 3 is 2.97 bits per heavy atom. The summed E-state index contributed by atoms with van der Waals surface area (Å²) in [6, 6.07) is 4.65.